The summed E-state index contributed by atoms with van der Waals surface area (Å²) >= 11 is 0. The van der Waals surface area contributed by atoms with Crippen molar-refractivity contribution < 1.29 is 9.52 Å². The first-order chi connectivity index (χ1) is 11.9. The smallest absolute Gasteiger partial charge is 0.161 e. The van der Waals surface area contributed by atoms with Gasteiger partial charge in [0.15, 0.2) is 5.58 Å². The molecule has 0 aliphatic carbocycles. The molecule has 4 rings (SSSR count). The Labute approximate surface area is 145 Å². The van der Waals surface area contributed by atoms with Gasteiger partial charge < -0.3 is 9.52 Å². The van der Waals surface area contributed by atoms with E-state index in [9.17, 15) is 5.11 Å². The summed E-state index contributed by atoms with van der Waals surface area (Å²) in [6.07, 6.45) is 5.55. The third-order valence-corrected chi connectivity index (χ3v) is 4.30. The molecule has 0 atom stereocenters. The Balaban J connectivity index is 1.79. The monoisotopic (exact) mass is 333 g/mol. The molecule has 0 saturated heterocycles. The summed E-state index contributed by atoms with van der Waals surface area (Å²) < 4.78 is 7.88. The predicted molar refractivity (Wildman–Crippen MR) is 96.9 cm³/mol. The normalized spacial score (nSPS) is 12.0. The number of pyridine rings is 1. The molecular formula is C20H19N3O2. The number of hydrogen-bond acceptors (Lipinski definition) is 4. The van der Waals surface area contributed by atoms with E-state index in [0.29, 0.717) is 0 Å². The van der Waals surface area contributed by atoms with Crippen LogP contribution < -0.4 is 0 Å². The Morgan fingerprint density at radius 2 is 1.84 bits per heavy atom. The molecule has 0 saturated carbocycles. The van der Waals surface area contributed by atoms with Gasteiger partial charge >= 0.3 is 0 Å². The van der Waals surface area contributed by atoms with Crippen LogP contribution in [-0.4, -0.2) is 19.9 Å². The number of rotatable bonds is 3. The van der Waals surface area contributed by atoms with Gasteiger partial charge in [0.05, 0.1) is 11.8 Å². The number of aryl methyl sites for hydroxylation is 1. The highest BCUT2D eigenvalue weighted by atomic mass is 16.3. The Kier molecular flexibility index (Phi) is 3.47. The summed E-state index contributed by atoms with van der Waals surface area (Å²) in [6, 6.07) is 11.6. The van der Waals surface area contributed by atoms with Crippen molar-refractivity contribution in [3.05, 3.63) is 60.6 Å². The van der Waals surface area contributed by atoms with Gasteiger partial charge in [-0.1, -0.05) is 24.3 Å². The van der Waals surface area contributed by atoms with Gasteiger partial charge in [-0.3, -0.25) is 9.67 Å². The Morgan fingerprint density at radius 1 is 1.08 bits per heavy atom. The van der Waals surface area contributed by atoms with Crippen LogP contribution in [0.25, 0.3) is 33.6 Å². The molecule has 0 amide bonds. The van der Waals surface area contributed by atoms with Crippen LogP contribution in [0.1, 0.15) is 19.4 Å². The van der Waals surface area contributed by atoms with E-state index < -0.39 is 5.60 Å². The molecule has 0 radical (unpaired) electrons. The number of aliphatic hydroxyl groups is 1. The second kappa shape index (κ2) is 5.57. The van der Waals surface area contributed by atoms with Gasteiger partial charge in [0.1, 0.15) is 11.3 Å². The second-order valence-corrected chi connectivity index (χ2v) is 6.72. The quantitative estimate of drug-likeness (QED) is 0.612. The van der Waals surface area contributed by atoms with Crippen molar-refractivity contribution in [3.63, 3.8) is 0 Å². The summed E-state index contributed by atoms with van der Waals surface area (Å²) in [5.41, 5.74) is 4.47. The number of nitrogens with zero attached hydrogens (tertiary/aromatic N) is 3. The van der Waals surface area contributed by atoms with Crippen LogP contribution in [0.4, 0.5) is 0 Å². The summed E-state index contributed by atoms with van der Waals surface area (Å²) in [6.45, 7) is 3.54. The average molecular weight is 333 g/mol. The van der Waals surface area contributed by atoms with E-state index in [1.54, 1.807) is 24.7 Å². The zero-order valence-corrected chi connectivity index (χ0v) is 14.4. The maximum atomic E-state index is 10.1. The zero-order chi connectivity index (χ0) is 17.6. The Morgan fingerprint density at radius 3 is 2.48 bits per heavy atom. The van der Waals surface area contributed by atoms with Crippen molar-refractivity contribution in [2.45, 2.75) is 19.4 Å². The summed E-state index contributed by atoms with van der Waals surface area (Å²) in [4.78, 5) is 4.42. The van der Waals surface area contributed by atoms with Crippen molar-refractivity contribution in [2.24, 2.45) is 7.05 Å². The predicted octanol–water partition coefficient (Wildman–Crippen LogP) is 4.12. The summed E-state index contributed by atoms with van der Waals surface area (Å²) in [5.74, 6) is 0.751. The molecule has 0 spiro atoms. The number of furan rings is 1. The van der Waals surface area contributed by atoms with Gasteiger partial charge in [0, 0.05) is 42.2 Å². The topological polar surface area (TPSA) is 64.1 Å². The van der Waals surface area contributed by atoms with Crippen molar-refractivity contribution in [2.75, 3.05) is 0 Å². The average Bonchev–Trinajstić information content (AvgIpc) is 3.20. The minimum atomic E-state index is -0.860. The number of benzene rings is 1. The SMILES string of the molecule is Cn1cc(-c2ccnc3cc(-c4ccc(C(C)(C)O)cc4)oc23)cn1. The molecular weight excluding hydrogens is 314 g/mol. The van der Waals surface area contributed by atoms with Gasteiger partial charge in [0.2, 0.25) is 0 Å². The summed E-state index contributed by atoms with van der Waals surface area (Å²) in [7, 11) is 1.89. The van der Waals surface area contributed by atoms with Crippen molar-refractivity contribution in [1.29, 1.82) is 0 Å². The van der Waals surface area contributed by atoms with Gasteiger partial charge in [-0.15, -0.1) is 0 Å². The zero-order valence-electron chi connectivity index (χ0n) is 14.4. The van der Waals surface area contributed by atoms with Crippen molar-refractivity contribution >= 4 is 11.1 Å². The van der Waals surface area contributed by atoms with Crippen LogP contribution in [0.2, 0.25) is 0 Å². The van der Waals surface area contributed by atoms with Gasteiger partial charge in [0.25, 0.3) is 0 Å². The van der Waals surface area contributed by atoms with Gasteiger partial charge in [-0.25, -0.2) is 0 Å². The minimum Gasteiger partial charge on any atom is -0.454 e. The first-order valence-corrected chi connectivity index (χ1v) is 8.13. The van der Waals surface area contributed by atoms with Crippen LogP contribution in [0.15, 0.2) is 59.4 Å². The Bertz CT molecular complexity index is 1040. The van der Waals surface area contributed by atoms with Crippen LogP contribution in [0.5, 0.6) is 0 Å². The molecule has 1 aromatic carbocycles. The maximum absolute atomic E-state index is 10.1. The molecule has 126 valence electrons. The number of hydrogen-bond donors (Lipinski definition) is 1. The van der Waals surface area contributed by atoms with Gasteiger partial charge in [-0.05, 0) is 25.5 Å². The molecule has 0 unspecified atom stereocenters. The largest absolute Gasteiger partial charge is 0.454 e. The Hall–Kier alpha value is -2.92. The molecule has 4 aromatic rings. The third kappa shape index (κ3) is 2.83. The lowest BCUT2D eigenvalue weighted by atomic mass is 9.97. The summed E-state index contributed by atoms with van der Waals surface area (Å²) in [5, 5.41) is 14.3. The maximum Gasteiger partial charge on any atom is 0.161 e. The molecule has 3 heterocycles. The fraction of sp³-hybridized carbons (Fsp3) is 0.200. The van der Waals surface area contributed by atoms with E-state index in [4.69, 9.17) is 4.42 Å². The second-order valence-electron chi connectivity index (χ2n) is 6.72. The molecule has 1 N–H and O–H groups in total. The van der Waals surface area contributed by atoms with E-state index in [1.165, 1.54) is 0 Å². The highest BCUT2D eigenvalue weighted by Gasteiger charge is 2.17. The van der Waals surface area contributed by atoms with Crippen molar-refractivity contribution in [1.82, 2.24) is 14.8 Å². The minimum absolute atomic E-state index is 0.747. The lowest BCUT2D eigenvalue weighted by Crippen LogP contribution is -2.14. The van der Waals surface area contributed by atoms with E-state index in [-0.39, 0.29) is 0 Å². The lowest BCUT2D eigenvalue weighted by Gasteiger charge is -2.17. The standard InChI is InChI=1S/C20H19N3O2/c1-20(2,24)15-6-4-13(5-7-15)18-10-17-19(25-18)16(8-9-21-17)14-11-22-23(3)12-14/h4-12,24H,1-3H3. The van der Waals surface area contributed by atoms with E-state index in [0.717, 1.165) is 39.1 Å². The molecule has 0 fully saturated rings. The number of aromatic nitrogens is 3. The lowest BCUT2D eigenvalue weighted by molar-refractivity contribution is 0.0786. The first kappa shape index (κ1) is 15.6. The molecule has 0 bridgehead atoms. The van der Waals surface area contributed by atoms with Crippen LogP contribution in [-0.2, 0) is 12.6 Å². The third-order valence-electron chi connectivity index (χ3n) is 4.30. The number of fused-ring (bicyclic) bond motifs is 1. The highest BCUT2D eigenvalue weighted by molar-refractivity contribution is 5.92. The molecule has 3 aromatic heterocycles. The van der Waals surface area contributed by atoms with E-state index >= 15 is 0 Å². The highest BCUT2D eigenvalue weighted by Crippen LogP contribution is 2.34. The van der Waals surface area contributed by atoms with Crippen LogP contribution in [0, 0.1) is 0 Å². The van der Waals surface area contributed by atoms with E-state index in [2.05, 4.69) is 10.1 Å². The van der Waals surface area contributed by atoms with Crippen LogP contribution >= 0.6 is 0 Å². The molecule has 25 heavy (non-hydrogen) atoms. The van der Waals surface area contributed by atoms with Gasteiger partial charge in [-0.2, -0.15) is 5.10 Å². The molecule has 5 nitrogen and oxygen atoms in total. The molecule has 0 aliphatic heterocycles. The van der Waals surface area contributed by atoms with E-state index in [1.807, 2.05) is 55.8 Å². The van der Waals surface area contributed by atoms with Crippen LogP contribution in [0.3, 0.4) is 0 Å². The van der Waals surface area contributed by atoms with Crippen molar-refractivity contribution in [3.8, 4) is 22.5 Å². The molecule has 0 aliphatic rings. The fourth-order valence-corrected chi connectivity index (χ4v) is 2.91. The fourth-order valence-electron chi connectivity index (χ4n) is 2.91. The molecule has 5 heteroatoms. The first-order valence-electron chi connectivity index (χ1n) is 8.13.